The molecule has 23 heavy (non-hydrogen) atoms. The number of hydrogen-bond acceptors (Lipinski definition) is 2. The number of benzene rings is 1. The maximum absolute atomic E-state index is 13.0. The summed E-state index contributed by atoms with van der Waals surface area (Å²) >= 11 is 0. The zero-order valence-corrected chi connectivity index (χ0v) is 14.5. The van der Waals surface area contributed by atoms with Gasteiger partial charge in [0.1, 0.15) is 0 Å². The van der Waals surface area contributed by atoms with Crippen molar-refractivity contribution in [1.82, 2.24) is 9.80 Å². The lowest BCUT2D eigenvalue weighted by Crippen LogP contribution is -2.56. The van der Waals surface area contributed by atoms with E-state index in [1.165, 1.54) is 30.4 Å². The van der Waals surface area contributed by atoms with Crippen molar-refractivity contribution in [3.63, 3.8) is 0 Å². The van der Waals surface area contributed by atoms with Crippen molar-refractivity contribution in [3.8, 4) is 0 Å². The summed E-state index contributed by atoms with van der Waals surface area (Å²) in [5, 5.41) is 0. The summed E-state index contributed by atoms with van der Waals surface area (Å²) in [6.45, 7) is 11.9. The standard InChI is InChI=1S/C20H28N2O/c1-4-11-22-13-6-10-20(22)9-5-12-21(15-20)19(23)18-8-7-16(2)17(3)14-18/h4,7-8,14H,1,5-6,9-13,15H2,2-3H3. The van der Waals surface area contributed by atoms with Crippen LogP contribution in [0.25, 0.3) is 0 Å². The lowest BCUT2D eigenvalue weighted by molar-refractivity contribution is 0.0367. The quantitative estimate of drug-likeness (QED) is 0.797. The number of carbonyl (C=O) groups excluding carboxylic acids is 1. The van der Waals surface area contributed by atoms with Crippen molar-refractivity contribution in [3.05, 3.63) is 47.5 Å². The predicted octanol–water partition coefficient (Wildman–Crippen LogP) is 3.56. The van der Waals surface area contributed by atoms with E-state index in [1.54, 1.807) is 0 Å². The van der Waals surface area contributed by atoms with Gasteiger partial charge in [-0.15, -0.1) is 6.58 Å². The SMILES string of the molecule is C=CCN1CCCC12CCCN(C(=O)c1ccc(C)c(C)c1)C2. The number of rotatable bonds is 3. The van der Waals surface area contributed by atoms with Crippen molar-refractivity contribution in [2.45, 2.75) is 45.1 Å². The molecule has 124 valence electrons. The number of amides is 1. The van der Waals surface area contributed by atoms with Gasteiger partial charge in [0.05, 0.1) is 0 Å². The molecule has 3 heteroatoms. The Morgan fingerprint density at radius 1 is 1.22 bits per heavy atom. The van der Waals surface area contributed by atoms with E-state index < -0.39 is 0 Å². The minimum Gasteiger partial charge on any atom is -0.337 e. The molecule has 1 amide bonds. The minimum atomic E-state index is 0.182. The van der Waals surface area contributed by atoms with Crippen LogP contribution < -0.4 is 0 Å². The van der Waals surface area contributed by atoms with Gasteiger partial charge >= 0.3 is 0 Å². The Morgan fingerprint density at radius 2 is 1.96 bits per heavy atom. The Hall–Kier alpha value is -1.61. The Bertz CT molecular complexity index is 610. The van der Waals surface area contributed by atoms with E-state index >= 15 is 0 Å². The molecule has 2 saturated heterocycles. The van der Waals surface area contributed by atoms with E-state index in [0.29, 0.717) is 0 Å². The topological polar surface area (TPSA) is 23.6 Å². The third-order valence-electron chi connectivity index (χ3n) is 5.69. The van der Waals surface area contributed by atoms with Gasteiger partial charge in [0, 0.05) is 30.7 Å². The number of hydrogen-bond donors (Lipinski definition) is 0. The molecular weight excluding hydrogens is 284 g/mol. The third-order valence-corrected chi connectivity index (χ3v) is 5.69. The highest BCUT2D eigenvalue weighted by molar-refractivity contribution is 5.94. The van der Waals surface area contributed by atoms with Crippen LogP contribution in [0.3, 0.4) is 0 Å². The van der Waals surface area contributed by atoms with E-state index in [4.69, 9.17) is 0 Å². The molecule has 0 N–H and O–H groups in total. The largest absolute Gasteiger partial charge is 0.337 e. The van der Waals surface area contributed by atoms with Gasteiger partial charge in [0.25, 0.3) is 5.91 Å². The van der Waals surface area contributed by atoms with Crippen molar-refractivity contribution in [2.75, 3.05) is 26.2 Å². The second-order valence-electron chi connectivity index (χ2n) is 7.19. The van der Waals surface area contributed by atoms with Crippen molar-refractivity contribution < 1.29 is 4.79 Å². The molecule has 1 spiro atoms. The molecule has 0 radical (unpaired) electrons. The van der Waals surface area contributed by atoms with E-state index in [9.17, 15) is 4.79 Å². The Balaban J connectivity index is 1.79. The fourth-order valence-corrected chi connectivity index (χ4v) is 4.24. The second kappa shape index (κ2) is 6.48. The van der Waals surface area contributed by atoms with Crippen LogP contribution in [0.5, 0.6) is 0 Å². The summed E-state index contributed by atoms with van der Waals surface area (Å²) < 4.78 is 0. The van der Waals surface area contributed by atoms with E-state index in [1.807, 2.05) is 18.2 Å². The summed E-state index contributed by atoms with van der Waals surface area (Å²) in [5.74, 6) is 0.192. The molecule has 1 atom stereocenters. The fraction of sp³-hybridized carbons (Fsp3) is 0.550. The summed E-state index contributed by atoms with van der Waals surface area (Å²) in [6, 6.07) is 6.07. The van der Waals surface area contributed by atoms with Crippen LogP contribution in [-0.2, 0) is 0 Å². The molecule has 3 rings (SSSR count). The highest BCUT2D eigenvalue weighted by atomic mass is 16.2. The smallest absolute Gasteiger partial charge is 0.253 e. The Labute approximate surface area is 140 Å². The van der Waals surface area contributed by atoms with Crippen LogP contribution in [0.4, 0.5) is 0 Å². The summed E-state index contributed by atoms with van der Waals surface area (Å²) in [4.78, 5) is 17.6. The lowest BCUT2D eigenvalue weighted by Gasteiger charge is -2.46. The van der Waals surface area contributed by atoms with Gasteiger partial charge in [-0.05, 0) is 69.3 Å². The molecule has 1 aromatic rings. The Morgan fingerprint density at radius 3 is 2.65 bits per heavy atom. The van der Waals surface area contributed by atoms with Gasteiger partial charge < -0.3 is 4.90 Å². The van der Waals surface area contributed by atoms with E-state index in [-0.39, 0.29) is 11.4 Å². The maximum atomic E-state index is 13.0. The first-order valence-corrected chi connectivity index (χ1v) is 8.78. The molecule has 2 heterocycles. The number of aryl methyl sites for hydroxylation is 2. The number of carbonyl (C=O) groups is 1. The van der Waals surface area contributed by atoms with Gasteiger partial charge in [0.2, 0.25) is 0 Å². The summed E-state index contributed by atoms with van der Waals surface area (Å²) in [7, 11) is 0. The van der Waals surface area contributed by atoms with Crippen molar-refractivity contribution in [1.29, 1.82) is 0 Å². The highest BCUT2D eigenvalue weighted by Crippen LogP contribution is 2.37. The zero-order valence-electron chi connectivity index (χ0n) is 14.5. The molecular formula is C20H28N2O. The van der Waals surface area contributed by atoms with Crippen LogP contribution in [0.1, 0.15) is 47.2 Å². The summed E-state index contributed by atoms with van der Waals surface area (Å²) in [5.41, 5.74) is 3.45. The molecule has 0 saturated carbocycles. The van der Waals surface area contributed by atoms with Crippen LogP contribution in [0.15, 0.2) is 30.9 Å². The molecule has 2 aliphatic rings. The first kappa shape index (κ1) is 16.3. The van der Waals surface area contributed by atoms with Crippen LogP contribution >= 0.6 is 0 Å². The minimum absolute atomic E-state index is 0.182. The fourth-order valence-electron chi connectivity index (χ4n) is 4.24. The summed E-state index contributed by atoms with van der Waals surface area (Å²) in [6.07, 6.45) is 6.75. The highest BCUT2D eigenvalue weighted by Gasteiger charge is 2.44. The molecule has 0 aliphatic carbocycles. The van der Waals surface area contributed by atoms with Crippen LogP contribution in [-0.4, -0.2) is 47.4 Å². The predicted molar refractivity (Wildman–Crippen MR) is 94.8 cm³/mol. The molecule has 0 aromatic heterocycles. The van der Waals surface area contributed by atoms with Gasteiger partial charge in [-0.3, -0.25) is 9.69 Å². The molecule has 1 unspecified atom stereocenters. The van der Waals surface area contributed by atoms with Crippen LogP contribution in [0.2, 0.25) is 0 Å². The Kier molecular flexibility index (Phi) is 4.58. The normalized spacial score (nSPS) is 25.0. The van der Waals surface area contributed by atoms with Crippen molar-refractivity contribution in [2.24, 2.45) is 0 Å². The molecule has 2 aliphatic heterocycles. The monoisotopic (exact) mass is 312 g/mol. The number of likely N-dealkylation sites (tertiary alicyclic amines) is 2. The van der Waals surface area contributed by atoms with Crippen LogP contribution in [0, 0.1) is 13.8 Å². The van der Waals surface area contributed by atoms with Gasteiger partial charge in [-0.2, -0.15) is 0 Å². The first-order valence-electron chi connectivity index (χ1n) is 8.78. The van der Waals surface area contributed by atoms with E-state index in [2.05, 4.69) is 36.3 Å². The zero-order chi connectivity index (χ0) is 16.4. The lowest BCUT2D eigenvalue weighted by atomic mass is 9.86. The van der Waals surface area contributed by atoms with E-state index in [0.717, 1.165) is 38.2 Å². The van der Waals surface area contributed by atoms with Gasteiger partial charge in [-0.1, -0.05) is 12.1 Å². The average molecular weight is 312 g/mol. The first-order chi connectivity index (χ1) is 11.1. The van der Waals surface area contributed by atoms with Gasteiger partial charge in [-0.25, -0.2) is 0 Å². The average Bonchev–Trinajstić information content (AvgIpc) is 2.92. The number of nitrogens with zero attached hydrogens (tertiary/aromatic N) is 2. The van der Waals surface area contributed by atoms with Crippen molar-refractivity contribution >= 4 is 5.91 Å². The second-order valence-corrected chi connectivity index (χ2v) is 7.19. The number of piperidine rings is 1. The molecule has 1 aromatic carbocycles. The van der Waals surface area contributed by atoms with Gasteiger partial charge in [0.15, 0.2) is 0 Å². The maximum Gasteiger partial charge on any atom is 0.253 e. The molecule has 3 nitrogen and oxygen atoms in total. The molecule has 0 bridgehead atoms. The third kappa shape index (κ3) is 3.07. The molecule has 2 fully saturated rings.